The Bertz CT molecular complexity index is 497. The van der Waals surface area contributed by atoms with Gasteiger partial charge in [-0.25, -0.2) is 4.39 Å². The minimum atomic E-state index is -0.291. The average molecular weight is 264 g/mol. The Kier molecular flexibility index (Phi) is 4.33. The second-order valence-corrected chi connectivity index (χ2v) is 5.42. The number of likely N-dealkylation sites (N-methyl/N-ethyl adjacent to an activating group) is 1. The van der Waals surface area contributed by atoms with Gasteiger partial charge in [0.2, 0.25) is 0 Å². The van der Waals surface area contributed by atoms with Gasteiger partial charge in [-0.2, -0.15) is 0 Å². The van der Waals surface area contributed by atoms with Crippen molar-refractivity contribution in [3.8, 4) is 0 Å². The lowest BCUT2D eigenvalue weighted by Gasteiger charge is -2.17. The lowest BCUT2D eigenvalue weighted by Crippen LogP contribution is -2.21. The highest BCUT2D eigenvalue weighted by Crippen LogP contribution is 2.16. The molecule has 0 unspecified atom stereocenters. The molecule has 0 saturated carbocycles. The van der Waals surface area contributed by atoms with E-state index in [-0.39, 0.29) is 11.5 Å². The Balaban J connectivity index is 1.90. The van der Waals surface area contributed by atoms with E-state index < -0.39 is 0 Å². The van der Waals surface area contributed by atoms with Crippen LogP contribution in [0.4, 0.5) is 10.1 Å². The van der Waals surface area contributed by atoms with Crippen molar-refractivity contribution in [3.63, 3.8) is 0 Å². The van der Waals surface area contributed by atoms with Crippen LogP contribution in [0.5, 0.6) is 0 Å². The van der Waals surface area contributed by atoms with Crippen LogP contribution >= 0.6 is 11.3 Å². The molecule has 0 amide bonds. The molecule has 0 aliphatic carbocycles. The van der Waals surface area contributed by atoms with Crippen LogP contribution in [0.3, 0.4) is 0 Å². The number of hydrogen-bond donors (Lipinski definition) is 1. The second kappa shape index (κ2) is 5.98. The van der Waals surface area contributed by atoms with E-state index in [1.54, 1.807) is 29.5 Å². The van der Waals surface area contributed by atoms with Gasteiger partial charge in [0.05, 0.1) is 5.69 Å². The summed E-state index contributed by atoms with van der Waals surface area (Å²) in [5.41, 5.74) is 6.43. The fourth-order valence-electron chi connectivity index (χ4n) is 1.85. The summed E-state index contributed by atoms with van der Waals surface area (Å²) in [5, 5.41) is 2.08. The molecule has 0 spiro atoms. The number of thiophene rings is 1. The molecule has 0 aliphatic heterocycles. The summed E-state index contributed by atoms with van der Waals surface area (Å²) in [6.07, 6.45) is 0.998. The third kappa shape index (κ3) is 3.31. The minimum absolute atomic E-state index is 0.221. The van der Waals surface area contributed by atoms with E-state index >= 15 is 0 Å². The van der Waals surface area contributed by atoms with E-state index in [0.29, 0.717) is 12.1 Å². The maximum absolute atomic E-state index is 13.7. The summed E-state index contributed by atoms with van der Waals surface area (Å²) in [7, 11) is 2.00. The van der Waals surface area contributed by atoms with Crippen LogP contribution in [0.25, 0.3) is 0 Å². The monoisotopic (exact) mass is 264 g/mol. The lowest BCUT2D eigenvalue weighted by atomic mass is 10.1. The maximum atomic E-state index is 13.7. The highest BCUT2D eigenvalue weighted by atomic mass is 32.1. The Morgan fingerprint density at radius 3 is 2.83 bits per heavy atom. The van der Waals surface area contributed by atoms with Gasteiger partial charge in [0.25, 0.3) is 0 Å². The number of nitrogens with zero attached hydrogens (tertiary/aromatic N) is 1. The fraction of sp³-hybridized carbons (Fsp3) is 0.286. The molecule has 1 heterocycles. The average Bonchev–Trinajstić information content (AvgIpc) is 2.86. The molecule has 0 radical (unpaired) electrons. The molecule has 2 nitrogen and oxygen atoms in total. The SMILES string of the molecule is CN(CCc1cccs1)Cc1cccc(N)c1F. The van der Waals surface area contributed by atoms with Crippen molar-refractivity contribution in [1.82, 2.24) is 4.90 Å². The summed E-state index contributed by atoms with van der Waals surface area (Å²) in [5.74, 6) is -0.291. The van der Waals surface area contributed by atoms with Crippen LogP contribution in [0.1, 0.15) is 10.4 Å². The molecule has 0 fully saturated rings. The number of rotatable bonds is 5. The normalized spacial score (nSPS) is 11.1. The predicted molar refractivity (Wildman–Crippen MR) is 75.2 cm³/mol. The van der Waals surface area contributed by atoms with Gasteiger partial charge in [0, 0.05) is 23.5 Å². The largest absolute Gasteiger partial charge is 0.396 e. The number of halogens is 1. The summed E-state index contributed by atoms with van der Waals surface area (Å²) in [6.45, 7) is 1.50. The van der Waals surface area contributed by atoms with Crippen molar-refractivity contribution in [1.29, 1.82) is 0 Å². The first-order valence-corrected chi connectivity index (χ1v) is 6.78. The zero-order chi connectivity index (χ0) is 13.0. The van der Waals surface area contributed by atoms with Crippen LogP contribution < -0.4 is 5.73 Å². The number of benzene rings is 1. The molecular formula is C14H17FN2S. The third-order valence-corrected chi connectivity index (χ3v) is 3.81. The van der Waals surface area contributed by atoms with Gasteiger partial charge in [-0.3, -0.25) is 0 Å². The van der Waals surface area contributed by atoms with Crippen molar-refractivity contribution in [2.75, 3.05) is 19.3 Å². The zero-order valence-corrected chi connectivity index (χ0v) is 11.2. The topological polar surface area (TPSA) is 29.3 Å². The van der Waals surface area contributed by atoms with Crippen molar-refractivity contribution in [2.45, 2.75) is 13.0 Å². The van der Waals surface area contributed by atoms with E-state index in [1.807, 2.05) is 7.05 Å². The van der Waals surface area contributed by atoms with Crippen molar-refractivity contribution in [2.24, 2.45) is 0 Å². The summed E-state index contributed by atoms with van der Waals surface area (Å²) < 4.78 is 13.7. The first-order chi connectivity index (χ1) is 8.66. The van der Waals surface area contributed by atoms with E-state index in [1.165, 1.54) is 4.88 Å². The van der Waals surface area contributed by atoms with E-state index in [2.05, 4.69) is 22.4 Å². The highest BCUT2D eigenvalue weighted by Gasteiger charge is 2.08. The molecule has 4 heteroatoms. The molecule has 0 aliphatic rings. The van der Waals surface area contributed by atoms with Gasteiger partial charge < -0.3 is 10.6 Å². The lowest BCUT2D eigenvalue weighted by molar-refractivity contribution is 0.326. The standard InChI is InChI=1S/C14H17FN2S/c1-17(8-7-12-5-3-9-18-12)10-11-4-2-6-13(16)14(11)15/h2-6,9H,7-8,10,16H2,1H3. The molecule has 0 saturated heterocycles. The first kappa shape index (κ1) is 13.1. The third-order valence-electron chi connectivity index (χ3n) is 2.87. The van der Waals surface area contributed by atoms with Gasteiger partial charge in [-0.1, -0.05) is 18.2 Å². The van der Waals surface area contributed by atoms with Crippen molar-refractivity contribution in [3.05, 3.63) is 52.0 Å². The molecule has 2 N–H and O–H groups in total. The number of nitrogen functional groups attached to an aromatic ring is 1. The first-order valence-electron chi connectivity index (χ1n) is 5.90. The molecule has 96 valence electrons. The predicted octanol–water partition coefficient (Wildman–Crippen LogP) is 3.14. The van der Waals surface area contributed by atoms with E-state index in [9.17, 15) is 4.39 Å². The summed E-state index contributed by atoms with van der Waals surface area (Å²) >= 11 is 1.76. The van der Waals surface area contributed by atoms with Crippen LogP contribution in [0.2, 0.25) is 0 Å². The van der Waals surface area contributed by atoms with E-state index in [4.69, 9.17) is 5.73 Å². The Morgan fingerprint density at radius 2 is 2.11 bits per heavy atom. The van der Waals surface area contributed by atoms with Gasteiger partial charge >= 0.3 is 0 Å². The summed E-state index contributed by atoms with van der Waals surface area (Å²) in [4.78, 5) is 3.47. The Hall–Kier alpha value is -1.39. The molecule has 2 aromatic rings. The molecular weight excluding hydrogens is 247 g/mol. The Morgan fingerprint density at radius 1 is 1.28 bits per heavy atom. The fourth-order valence-corrected chi connectivity index (χ4v) is 2.55. The maximum Gasteiger partial charge on any atom is 0.150 e. The number of anilines is 1. The Labute approximate surface area is 111 Å². The molecule has 0 atom stereocenters. The highest BCUT2D eigenvalue weighted by molar-refractivity contribution is 7.09. The molecule has 1 aromatic heterocycles. The van der Waals surface area contributed by atoms with Crippen molar-refractivity contribution >= 4 is 17.0 Å². The molecule has 18 heavy (non-hydrogen) atoms. The number of hydrogen-bond acceptors (Lipinski definition) is 3. The quantitative estimate of drug-likeness (QED) is 0.841. The van der Waals surface area contributed by atoms with Gasteiger partial charge in [-0.05, 0) is 31.0 Å². The van der Waals surface area contributed by atoms with Crippen LogP contribution in [-0.4, -0.2) is 18.5 Å². The zero-order valence-electron chi connectivity index (χ0n) is 10.4. The van der Waals surface area contributed by atoms with Crippen molar-refractivity contribution < 1.29 is 4.39 Å². The van der Waals surface area contributed by atoms with Gasteiger partial charge in [0.1, 0.15) is 0 Å². The van der Waals surface area contributed by atoms with Gasteiger partial charge in [-0.15, -0.1) is 11.3 Å². The van der Waals surface area contributed by atoms with E-state index in [0.717, 1.165) is 13.0 Å². The molecule has 0 bridgehead atoms. The molecule has 2 rings (SSSR count). The second-order valence-electron chi connectivity index (χ2n) is 4.39. The minimum Gasteiger partial charge on any atom is -0.396 e. The smallest absolute Gasteiger partial charge is 0.150 e. The van der Waals surface area contributed by atoms with Crippen LogP contribution in [0, 0.1) is 5.82 Å². The van der Waals surface area contributed by atoms with Crippen LogP contribution in [0.15, 0.2) is 35.7 Å². The summed E-state index contributed by atoms with van der Waals surface area (Å²) in [6, 6.07) is 9.34. The number of nitrogens with two attached hydrogens (primary N) is 1. The van der Waals surface area contributed by atoms with Crippen LogP contribution in [-0.2, 0) is 13.0 Å². The van der Waals surface area contributed by atoms with Gasteiger partial charge in [0.15, 0.2) is 5.82 Å². The molecule has 1 aromatic carbocycles.